The van der Waals surface area contributed by atoms with Crippen LogP contribution in [0.15, 0.2) is 42.5 Å². The highest BCUT2D eigenvalue weighted by Gasteiger charge is 2.11. The standard InChI is InChI=1S/C16H16ClFN2O/c1-10(13-4-2-3-5-15(13)18)20-9-12-7-6-11(16(19)21)8-14(12)17/h2-8,10,20H,9H2,1H3,(H2,19,21). The van der Waals surface area contributed by atoms with Gasteiger partial charge in [0.05, 0.1) is 0 Å². The van der Waals surface area contributed by atoms with Gasteiger partial charge in [-0.1, -0.05) is 35.9 Å². The van der Waals surface area contributed by atoms with Crippen molar-refractivity contribution in [3.05, 3.63) is 70.0 Å². The lowest BCUT2D eigenvalue weighted by Crippen LogP contribution is -2.19. The van der Waals surface area contributed by atoms with Gasteiger partial charge in [-0.15, -0.1) is 0 Å². The SMILES string of the molecule is CC(NCc1ccc(C(N)=O)cc1Cl)c1ccccc1F. The first-order chi connectivity index (χ1) is 9.99. The Balaban J connectivity index is 2.06. The second-order valence-electron chi connectivity index (χ2n) is 4.79. The fourth-order valence-corrected chi connectivity index (χ4v) is 2.29. The molecule has 0 radical (unpaired) electrons. The van der Waals surface area contributed by atoms with E-state index in [-0.39, 0.29) is 11.9 Å². The molecule has 3 N–H and O–H groups in total. The number of hydrogen-bond donors (Lipinski definition) is 2. The first-order valence-electron chi connectivity index (χ1n) is 6.55. The number of rotatable bonds is 5. The van der Waals surface area contributed by atoms with Gasteiger partial charge in [-0.3, -0.25) is 4.79 Å². The number of primary amides is 1. The van der Waals surface area contributed by atoms with E-state index in [1.54, 1.807) is 30.3 Å². The van der Waals surface area contributed by atoms with Gasteiger partial charge in [0.1, 0.15) is 5.82 Å². The van der Waals surface area contributed by atoms with Crippen LogP contribution < -0.4 is 11.1 Å². The number of nitrogens with two attached hydrogens (primary N) is 1. The van der Waals surface area contributed by atoms with Crippen LogP contribution in [0, 0.1) is 5.82 Å². The summed E-state index contributed by atoms with van der Waals surface area (Å²) < 4.78 is 13.7. The molecule has 1 atom stereocenters. The normalized spacial score (nSPS) is 12.1. The summed E-state index contributed by atoms with van der Waals surface area (Å²) in [4.78, 5) is 11.1. The molecule has 0 heterocycles. The van der Waals surface area contributed by atoms with Crippen LogP contribution in [0.25, 0.3) is 0 Å². The Morgan fingerprint density at radius 3 is 2.67 bits per heavy atom. The molecule has 110 valence electrons. The van der Waals surface area contributed by atoms with Crippen molar-refractivity contribution >= 4 is 17.5 Å². The van der Waals surface area contributed by atoms with Gasteiger partial charge >= 0.3 is 0 Å². The highest BCUT2D eigenvalue weighted by atomic mass is 35.5. The van der Waals surface area contributed by atoms with E-state index in [4.69, 9.17) is 17.3 Å². The van der Waals surface area contributed by atoms with Gasteiger partial charge in [-0.2, -0.15) is 0 Å². The molecule has 0 saturated heterocycles. The van der Waals surface area contributed by atoms with Crippen molar-refractivity contribution in [1.29, 1.82) is 0 Å². The Bertz CT molecular complexity index is 660. The third kappa shape index (κ3) is 3.80. The van der Waals surface area contributed by atoms with E-state index in [1.807, 2.05) is 6.92 Å². The van der Waals surface area contributed by atoms with Gasteiger partial charge in [0.2, 0.25) is 5.91 Å². The molecule has 0 fully saturated rings. The number of amides is 1. The van der Waals surface area contributed by atoms with E-state index in [0.717, 1.165) is 5.56 Å². The molecule has 3 nitrogen and oxygen atoms in total. The van der Waals surface area contributed by atoms with E-state index >= 15 is 0 Å². The van der Waals surface area contributed by atoms with Crippen LogP contribution in [0.3, 0.4) is 0 Å². The van der Waals surface area contributed by atoms with Crippen LogP contribution >= 0.6 is 11.6 Å². The highest BCUT2D eigenvalue weighted by molar-refractivity contribution is 6.31. The Morgan fingerprint density at radius 2 is 2.05 bits per heavy atom. The van der Waals surface area contributed by atoms with Crippen LogP contribution in [0.4, 0.5) is 4.39 Å². The van der Waals surface area contributed by atoms with Crippen molar-refractivity contribution in [3.63, 3.8) is 0 Å². The minimum Gasteiger partial charge on any atom is -0.366 e. The molecule has 0 aliphatic rings. The molecule has 0 aromatic heterocycles. The van der Waals surface area contributed by atoms with Gasteiger partial charge in [0, 0.05) is 28.7 Å². The second-order valence-corrected chi connectivity index (χ2v) is 5.20. The summed E-state index contributed by atoms with van der Waals surface area (Å²) in [5.74, 6) is -0.760. The number of carbonyl (C=O) groups is 1. The number of carbonyl (C=O) groups excluding carboxylic acids is 1. The Morgan fingerprint density at radius 1 is 1.33 bits per heavy atom. The zero-order valence-electron chi connectivity index (χ0n) is 11.6. The van der Waals surface area contributed by atoms with E-state index in [1.165, 1.54) is 12.1 Å². The smallest absolute Gasteiger partial charge is 0.248 e. The molecular weight excluding hydrogens is 291 g/mol. The molecule has 0 aliphatic carbocycles. The summed E-state index contributed by atoms with van der Waals surface area (Å²) in [5, 5.41) is 3.66. The summed E-state index contributed by atoms with van der Waals surface area (Å²) in [6.45, 7) is 2.34. The second kappa shape index (κ2) is 6.70. The highest BCUT2D eigenvalue weighted by Crippen LogP contribution is 2.20. The number of benzene rings is 2. The Labute approximate surface area is 127 Å². The molecule has 2 aromatic carbocycles. The molecule has 1 amide bonds. The predicted octanol–water partition coefficient (Wildman–Crippen LogP) is 3.43. The molecule has 1 unspecified atom stereocenters. The average Bonchev–Trinajstić information content (AvgIpc) is 2.46. The van der Waals surface area contributed by atoms with Gasteiger partial charge in [0.15, 0.2) is 0 Å². The summed E-state index contributed by atoms with van der Waals surface area (Å²) in [6, 6.07) is 11.4. The molecule has 2 rings (SSSR count). The number of nitrogens with one attached hydrogen (secondary N) is 1. The van der Waals surface area contributed by atoms with Crippen LogP contribution in [0.5, 0.6) is 0 Å². The molecule has 0 aliphatic heterocycles. The topological polar surface area (TPSA) is 55.1 Å². The molecule has 0 spiro atoms. The third-order valence-electron chi connectivity index (χ3n) is 3.31. The van der Waals surface area contributed by atoms with Crippen LogP contribution in [-0.4, -0.2) is 5.91 Å². The van der Waals surface area contributed by atoms with Crippen molar-refractivity contribution in [1.82, 2.24) is 5.32 Å². The number of halogens is 2. The fourth-order valence-electron chi connectivity index (χ4n) is 2.04. The van der Waals surface area contributed by atoms with Gasteiger partial charge in [-0.05, 0) is 30.7 Å². The zero-order valence-corrected chi connectivity index (χ0v) is 12.3. The summed E-state index contributed by atoms with van der Waals surface area (Å²) in [5.41, 5.74) is 6.98. The monoisotopic (exact) mass is 306 g/mol. The molecule has 0 bridgehead atoms. The van der Waals surface area contributed by atoms with Crippen LogP contribution in [0.2, 0.25) is 5.02 Å². The summed E-state index contributed by atoms with van der Waals surface area (Å²) >= 11 is 6.11. The summed E-state index contributed by atoms with van der Waals surface area (Å²) in [7, 11) is 0. The maximum Gasteiger partial charge on any atom is 0.248 e. The molecule has 5 heteroatoms. The van der Waals surface area contributed by atoms with E-state index in [2.05, 4.69) is 5.32 Å². The largest absolute Gasteiger partial charge is 0.366 e. The van der Waals surface area contributed by atoms with Gasteiger partial charge < -0.3 is 11.1 Å². The van der Waals surface area contributed by atoms with E-state index < -0.39 is 5.91 Å². The molecule has 21 heavy (non-hydrogen) atoms. The maximum atomic E-state index is 13.7. The lowest BCUT2D eigenvalue weighted by atomic mass is 10.1. The predicted molar refractivity (Wildman–Crippen MR) is 81.6 cm³/mol. The molecular formula is C16H16ClFN2O. The number of hydrogen-bond acceptors (Lipinski definition) is 2. The van der Waals surface area contributed by atoms with E-state index in [9.17, 15) is 9.18 Å². The third-order valence-corrected chi connectivity index (χ3v) is 3.66. The van der Waals surface area contributed by atoms with Gasteiger partial charge in [-0.25, -0.2) is 4.39 Å². The zero-order chi connectivity index (χ0) is 15.4. The quantitative estimate of drug-likeness (QED) is 0.889. The van der Waals surface area contributed by atoms with Crippen LogP contribution in [-0.2, 0) is 6.54 Å². The lowest BCUT2D eigenvalue weighted by molar-refractivity contribution is 0.100. The molecule has 0 saturated carbocycles. The lowest BCUT2D eigenvalue weighted by Gasteiger charge is -2.15. The molecule has 2 aromatic rings. The van der Waals surface area contributed by atoms with Crippen molar-refractivity contribution in [2.75, 3.05) is 0 Å². The maximum absolute atomic E-state index is 13.7. The summed E-state index contributed by atoms with van der Waals surface area (Å²) in [6.07, 6.45) is 0. The van der Waals surface area contributed by atoms with Crippen molar-refractivity contribution in [3.8, 4) is 0 Å². The average molecular weight is 307 g/mol. The van der Waals surface area contributed by atoms with Gasteiger partial charge in [0.25, 0.3) is 0 Å². The van der Waals surface area contributed by atoms with Crippen LogP contribution in [0.1, 0.15) is 34.5 Å². The fraction of sp³-hybridized carbons (Fsp3) is 0.188. The first kappa shape index (κ1) is 15.5. The first-order valence-corrected chi connectivity index (χ1v) is 6.93. The Kier molecular flexibility index (Phi) is 4.94. The van der Waals surface area contributed by atoms with E-state index in [0.29, 0.717) is 22.7 Å². The minimum absolute atomic E-state index is 0.155. The Hall–Kier alpha value is -1.91. The van der Waals surface area contributed by atoms with Crippen molar-refractivity contribution in [2.45, 2.75) is 19.5 Å². The van der Waals surface area contributed by atoms with Crippen molar-refractivity contribution in [2.24, 2.45) is 5.73 Å². The minimum atomic E-state index is -0.517. The van der Waals surface area contributed by atoms with Crippen molar-refractivity contribution < 1.29 is 9.18 Å².